The second-order valence-corrected chi connectivity index (χ2v) is 5.20. The molecular weight excluding hydrogens is 216 g/mol. The molecular formula is C14H28O3. The Morgan fingerprint density at radius 2 is 1.47 bits per heavy atom. The third-order valence-corrected chi connectivity index (χ3v) is 3.43. The third kappa shape index (κ3) is 9.57. The summed E-state index contributed by atoms with van der Waals surface area (Å²) >= 11 is 0. The minimum absolute atomic E-state index is 0.0926. The zero-order valence-corrected chi connectivity index (χ0v) is 10.9. The van der Waals surface area contributed by atoms with Gasteiger partial charge in [0.25, 0.3) is 0 Å². The molecule has 1 aliphatic heterocycles. The molecule has 1 fully saturated rings. The summed E-state index contributed by atoms with van der Waals surface area (Å²) in [5.74, 6) is 0. The van der Waals surface area contributed by atoms with E-state index in [1.807, 2.05) is 0 Å². The predicted octanol–water partition coefficient (Wildman–Crippen LogP) is 2.64. The van der Waals surface area contributed by atoms with Gasteiger partial charge in [-0.2, -0.15) is 0 Å². The monoisotopic (exact) mass is 244 g/mol. The highest BCUT2D eigenvalue weighted by molar-refractivity contribution is 4.68. The number of epoxide rings is 1. The lowest BCUT2D eigenvalue weighted by atomic mass is 10.0. The molecule has 1 aliphatic rings. The van der Waals surface area contributed by atoms with Crippen LogP contribution in [0.1, 0.15) is 64.2 Å². The fourth-order valence-corrected chi connectivity index (χ4v) is 2.14. The van der Waals surface area contributed by atoms with Crippen LogP contribution in [0.25, 0.3) is 0 Å². The number of ether oxygens (including phenoxy) is 1. The molecule has 0 aromatic heterocycles. The van der Waals surface area contributed by atoms with E-state index < -0.39 is 6.10 Å². The molecule has 102 valence electrons. The van der Waals surface area contributed by atoms with Gasteiger partial charge in [-0.1, -0.05) is 51.4 Å². The molecule has 2 atom stereocenters. The Morgan fingerprint density at radius 1 is 0.941 bits per heavy atom. The van der Waals surface area contributed by atoms with E-state index in [0.717, 1.165) is 19.4 Å². The summed E-state index contributed by atoms with van der Waals surface area (Å²) in [7, 11) is 0. The molecule has 0 aliphatic carbocycles. The summed E-state index contributed by atoms with van der Waals surface area (Å²) in [6.45, 7) is 0.907. The van der Waals surface area contributed by atoms with Crippen LogP contribution in [0.4, 0.5) is 0 Å². The minimum Gasteiger partial charge on any atom is -0.394 e. The van der Waals surface area contributed by atoms with Crippen molar-refractivity contribution in [2.45, 2.75) is 76.4 Å². The van der Waals surface area contributed by atoms with Crippen LogP contribution in [-0.2, 0) is 4.74 Å². The molecule has 1 rings (SSSR count). The first-order valence-corrected chi connectivity index (χ1v) is 7.23. The van der Waals surface area contributed by atoms with Gasteiger partial charge in [0.2, 0.25) is 0 Å². The lowest BCUT2D eigenvalue weighted by Gasteiger charge is -2.06. The van der Waals surface area contributed by atoms with Crippen LogP contribution in [0.2, 0.25) is 0 Å². The van der Waals surface area contributed by atoms with Gasteiger partial charge in [-0.25, -0.2) is 0 Å². The minimum atomic E-state index is -0.500. The fraction of sp³-hybridized carbons (Fsp3) is 1.00. The van der Waals surface area contributed by atoms with Crippen LogP contribution in [-0.4, -0.2) is 35.6 Å². The lowest BCUT2D eigenvalue weighted by Crippen LogP contribution is -2.10. The average molecular weight is 244 g/mol. The first kappa shape index (κ1) is 14.9. The van der Waals surface area contributed by atoms with E-state index >= 15 is 0 Å². The van der Waals surface area contributed by atoms with E-state index in [0.29, 0.717) is 6.10 Å². The molecule has 0 aromatic carbocycles. The van der Waals surface area contributed by atoms with Crippen molar-refractivity contribution >= 4 is 0 Å². The quantitative estimate of drug-likeness (QED) is 0.410. The molecule has 3 nitrogen and oxygen atoms in total. The largest absolute Gasteiger partial charge is 0.394 e. The Bertz CT molecular complexity index is 169. The topological polar surface area (TPSA) is 53.0 Å². The van der Waals surface area contributed by atoms with Crippen molar-refractivity contribution in [1.29, 1.82) is 0 Å². The van der Waals surface area contributed by atoms with Gasteiger partial charge in [-0.3, -0.25) is 0 Å². The molecule has 3 heteroatoms. The average Bonchev–Trinajstić information content (AvgIpc) is 3.15. The van der Waals surface area contributed by atoms with Gasteiger partial charge in [0.05, 0.1) is 25.4 Å². The summed E-state index contributed by atoms with van der Waals surface area (Å²) < 4.78 is 5.17. The van der Waals surface area contributed by atoms with Crippen LogP contribution in [0.3, 0.4) is 0 Å². The Labute approximate surface area is 105 Å². The number of hydrogen-bond acceptors (Lipinski definition) is 3. The van der Waals surface area contributed by atoms with Crippen molar-refractivity contribution in [3.63, 3.8) is 0 Å². The van der Waals surface area contributed by atoms with Crippen LogP contribution >= 0.6 is 0 Å². The maximum Gasteiger partial charge on any atom is 0.0810 e. The summed E-state index contributed by atoms with van der Waals surface area (Å²) in [4.78, 5) is 0. The Balaban J connectivity index is 1.66. The maximum absolute atomic E-state index is 9.15. The molecule has 0 spiro atoms. The molecule has 0 saturated carbocycles. The summed E-state index contributed by atoms with van der Waals surface area (Å²) in [5.41, 5.74) is 0. The second-order valence-electron chi connectivity index (χ2n) is 5.20. The highest BCUT2D eigenvalue weighted by Crippen LogP contribution is 2.18. The molecule has 17 heavy (non-hydrogen) atoms. The SMILES string of the molecule is OC[C@H](O)CCCCCCCCCC[C@H]1CO1. The molecule has 2 N–H and O–H groups in total. The van der Waals surface area contributed by atoms with Crippen LogP contribution in [0.15, 0.2) is 0 Å². The molecule has 1 saturated heterocycles. The van der Waals surface area contributed by atoms with Crippen molar-refractivity contribution in [2.75, 3.05) is 13.2 Å². The van der Waals surface area contributed by atoms with E-state index in [9.17, 15) is 0 Å². The van der Waals surface area contributed by atoms with Gasteiger partial charge in [0.1, 0.15) is 0 Å². The van der Waals surface area contributed by atoms with Crippen molar-refractivity contribution in [2.24, 2.45) is 0 Å². The van der Waals surface area contributed by atoms with Crippen LogP contribution < -0.4 is 0 Å². The van der Waals surface area contributed by atoms with Gasteiger partial charge in [0, 0.05) is 0 Å². The van der Waals surface area contributed by atoms with E-state index in [1.165, 1.54) is 51.4 Å². The zero-order valence-electron chi connectivity index (χ0n) is 10.9. The summed E-state index contributed by atoms with van der Waals surface area (Å²) in [6.07, 6.45) is 12.3. The van der Waals surface area contributed by atoms with E-state index in [-0.39, 0.29) is 6.61 Å². The molecule has 0 amide bonds. The maximum atomic E-state index is 9.15. The molecule has 0 bridgehead atoms. The number of aliphatic hydroxyl groups excluding tert-OH is 2. The van der Waals surface area contributed by atoms with Crippen molar-refractivity contribution in [3.8, 4) is 0 Å². The number of unbranched alkanes of at least 4 members (excludes halogenated alkanes) is 7. The summed E-state index contributed by atoms with van der Waals surface area (Å²) in [6, 6.07) is 0. The molecule has 0 radical (unpaired) electrons. The molecule has 0 aromatic rings. The number of rotatable bonds is 12. The van der Waals surface area contributed by atoms with Gasteiger partial charge >= 0.3 is 0 Å². The Morgan fingerprint density at radius 3 is 2.00 bits per heavy atom. The highest BCUT2D eigenvalue weighted by atomic mass is 16.6. The number of aliphatic hydroxyl groups is 2. The number of hydrogen-bond donors (Lipinski definition) is 2. The third-order valence-electron chi connectivity index (χ3n) is 3.43. The van der Waals surface area contributed by atoms with Crippen molar-refractivity contribution in [3.05, 3.63) is 0 Å². The highest BCUT2D eigenvalue weighted by Gasteiger charge is 2.20. The van der Waals surface area contributed by atoms with E-state index in [1.54, 1.807) is 0 Å². The first-order valence-electron chi connectivity index (χ1n) is 7.23. The van der Waals surface area contributed by atoms with Gasteiger partial charge < -0.3 is 14.9 Å². The van der Waals surface area contributed by atoms with E-state index in [4.69, 9.17) is 14.9 Å². The molecule has 1 heterocycles. The lowest BCUT2D eigenvalue weighted by molar-refractivity contribution is 0.0860. The van der Waals surface area contributed by atoms with Gasteiger partial charge in [0.15, 0.2) is 0 Å². The van der Waals surface area contributed by atoms with Crippen LogP contribution in [0.5, 0.6) is 0 Å². The van der Waals surface area contributed by atoms with Gasteiger partial charge in [-0.15, -0.1) is 0 Å². The second kappa shape index (κ2) is 9.86. The smallest absolute Gasteiger partial charge is 0.0810 e. The standard InChI is InChI=1S/C14H28O3/c15-11-13(16)9-7-5-3-1-2-4-6-8-10-14-12-17-14/h13-16H,1-12H2/t13-,14+/m1/s1. The van der Waals surface area contributed by atoms with Crippen molar-refractivity contribution in [1.82, 2.24) is 0 Å². The fourth-order valence-electron chi connectivity index (χ4n) is 2.14. The molecule has 0 unspecified atom stereocenters. The Hall–Kier alpha value is -0.120. The zero-order chi connectivity index (χ0) is 12.3. The summed E-state index contributed by atoms with van der Waals surface area (Å²) in [5, 5.41) is 17.8. The van der Waals surface area contributed by atoms with Gasteiger partial charge in [-0.05, 0) is 12.8 Å². The first-order chi connectivity index (χ1) is 8.33. The predicted molar refractivity (Wildman–Crippen MR) is 69.0 cm³/mol. The normalized spacial score (nSPS) is 20.5. The van der Waals surface area contributed by atoms with E-state index in [2.05, 4.69) is 0 Å². The van der Waals surface area contributed by atoms with Crippen molar-refractivity contribution < 1.29 is 14.9 Å². The van der Waals surface area contributed by atoms with Crippen LogP contribution in [0, 0.1) is 0 Å². The Kier molecular flexibility index (Phi) is 8.67.